The first-order chi connectivity index (χ1) is 17.8. The van der Waals surface area contributed by atoms with Gasteiger partial charge in [0.2, 0.25) is 23.6 Å². The van der Waals surface area contributed by atoms with Gasteiger partial charge in [-0.3, -0.25) is 19.2 Å². The van der Waals surface area contributed by atoms with Crippen molar-refractivity contribution in [1.82, 2.24) is 20.9 Å². The number of hydrogen-bond donors (Lipinski definition) is 9. The van der Waals surface area contributed by atoms with E-state index < -0.39 is 66.0 Å². The first-order valence-electron chi connectivity index (χ1n) is 11.9. The Kier molecular flexibility index (Phi) is 10.7. The van der Waals surface area contributed by atoms with Gasteiger partial charge in [0.1, 0.15) is 18.1 Å². The molecule has 38 heavy (non-hydrogen) atoms. The topological polar surface area (TPSA) is 250 Å². The second-order valence-corrected chi connectivity index (χ2v) is 9.02. The van der Waals surface area contributed by atoms with Crippen LogP contribution in [-0.2, 0) is 30.4 Å². The van der Waals surface area contributed by atoms with Crippen LogP contribution < -0.4 is 27.4 Å². The minimum Gasteiger partial charge on any atom is -0.480 e. The molecule has 0 aliphatic carbocycles. The maximum atomic E-state index is 13.3. The summed E-state index contributed by atoms with van der Waals surface area (Å²) in [5.74, 6) is -4.92. The monoisotopic (exact) mass is 534 g/mol. The standard InChI is InChI=1S/C24H34N6O8/c1-11(31)19(26)23(36)29-17(9-13-10-27-15-6-4-3-5-14(13)15)22(35)28-16(7-8-18(25)33)21(34)30-20(12(2)32)24(37)38/h3-6,10-12,16-17,19-20,27,31-32H,7-9,26H2,1-2H3,(H2,25,33)(H,28,35)(H,29,36)(H,30,34)(H,37,38). The van der Waals surface area contributed by atoms with Gasteiger partial charge in [-0.2, -0.15) is 0 Å². The van der Waals surface area contributed by atoms with Gasteiger partial charge in [-0.25, -0.2) is 4.79 Å². The molecule has 0 saturated heterocycles. The number of aliphatic hydroxyl groups excluding tert-OH is 2. The van der Waals surface area contributed by atoms with Crippen molar-refractivity contribution in [1.29, 1.82) is 0 Å². The maximum Gasteiger partial charge on any atom is 0.328 e. The number of primary amides is 1. The zero-order chi connectivity index (χ0) is 28.6. The van der Waals surface area contributed by atoms with E-state index in [1.54, 1.807) is 12.3 Å². The molecule has 1 aromatic carbocycles. The Bertz CT molecular complexity index is 1160. The summed E-state index contributed by atoms with van der Waals surface area (Å²) in [7, 11) is 0. The highest BCUT2D eigenvalue weighted by Crippen LogP contribution is 2.19. The van der Waals surface area contributed by atoms with Crippen LogP contribution in [0.5, 0.6) is 0 Å². The van der Waals surface area contributed by atoms with Crippen molar-refractivity contribution in [3.63, 3.8) is 0 Å². The Morgan fingerprint density at radius 1 is 0.921 bits per heavy atom. The number of benzene rings is 1. The molecular formula is C24H34N6O8. The number of aromatic nitrogens is 1. The van der Waals surface area contributed by atoms with Crippen LogP contribution in [-0.4, -0.2) is 86.3 Å². The molecule has 0 radical (unpaired) electrons. The van der Waals surface area contributed by atoms with Gasteiger partial charge < -0.3 is 47.7 Å². The lowest BCUT2D eigenvalue weighted by atomic mass is 10.0. The minimum atomic E-state index is -1.68. The quantitative estimate of drug-likeness (QED) is 0.125. The molecular weight excluding hydrogens is 500 g/mol. The molecule has 4 amide bonds. The zero-order valence-electron chi connectivity index (χ0n) is 21.0. The van der Waals surface area contributed by atoms with Gasteiger partial charge in [0.25, 0.3) is 0 Å². The minimum absolute atomic E-state index is 0.0380. The SMILES string of the molecule is CC(O)C(N)C(=O)NC(Cc1c[nH]c2ccccc12)C(=O)NC(CCC(N)=O)C(=O)NC(C(=O)O)C(C)O. The molecule has 1 heterocycles. The van der Waals surface area contributed by atoms with Crippen molar-refractivity contribution in [3.05, 3.63) is 36.0 Å². The summed E-state index contributed by atoms with van der Waals surface area (Å²) in [6, 6.07) is 1.51. The van der Waals surface area contributed by atoms with Gasteiger partial charge >= 0.3 is 5.97 Å². The van der Waals surface area contributed by atoms with E-state index in [1.807, 2.05) is 18.2 Å². The smallest absolute Gasteiger partial charge is 0.328 e. The zero-order valence-corrected chi connectivity index (χ0v) is 21.0. The second kappa shape index (κ2) is 13.5. The maximum absolute atomic E-state index is 13.3. The van der Waals surface area contributed by atoms with Gasteiger partial charge in [-0.1, -0.05) is 18.2 Å². The van der Waals surface area contributed by atoms with Crippen molar-refractivity contribution < 1.29 is 39.3 Å². The van der Waals surface area contributed by atoms with Gasteiger partial charge in [0.05, 0.1) is 12.2 Å². The molecule has 0 aliphatic rings. The fraction of sp³-hybridized carbons (Fsp3) is 0.458. The van der Waals surface area contributed by atoms with Crippen LogP contribution in [0.25, 0.3) is 10.9 Å². The summed E-state index contributed by atoms with van der Waals surface area (Å²) in [6.45, 7) is 2.47. The molecule has 1 aromatic heterocycles. The number of nitrogens with one attached hydrogen (secondary N) is 4. The van der Waals surface area contributed by atoms with Crippen LogP contribution in [0.3, 0.4) is 0 Å². The largest absolute Gasteiger partial charge is 0.480 e. The van der Waals surface area contributed by atoms with Crippen molar-refractivity contribution in [2.45, 2.75) is 69.5 Å². The number of carbonyl (C=O) groups is 5. The molecule has 0 aliphatic heterocycles. The average molecular weight is 535 g/mol. The summed E-state index contributed by atoms with van der Waals surface area (Å²) >= 11 is 0. The lowest BCUT2D eigenvalue weighted by Crippen LogP contribution is -2.59. The number of carbonyl (C=O) groups excluding carboxylic acids is 4. The van der Waals surface area contributed by atoms with Crippen LogP contribution >= 0.6 is 0 Å². The van der Waals surface area contributed by atoms with Crippen LogP contribution in [0.4, 0.5) is 0 Å². The van der Waals surface area contributed by atoms with Crippen LogP contribution in [0.15, 0.2) is 30.5 Å². The number of nitrogens with two attached hydrogens (primary N) is 2. The molecule has 2 aromatic rings. The predicted octanol–water partition coefficient (Wildman–Crippen LogP) is -2.40. The first kappa shape index (κ1) is 30.2. The lowest BCUT2D eigenvalue weighted by molar-refractivity contribution is -0.145. The number of carboxylic acids is 1. The normalized spacial score (nSPS) is 15.9. The van der Waals surface area contributed by atoms with E-state index >= 15 is 0 Å². The number of aliphatic hydroxyl groups is 2. The number of aromatic amines is 1. The van der Waals surface area contributed by atoms with E-state index in [0.717, 1.165) is 17.8 Å². The number of fused-ring (bicyclic) bond motifs is 1. The second-order valence-electron chi connectivity index (χ2n) is 9.02. The third kappa shape index (κ3) is 8.26. The van der Waals surface area contributed by atoms with Crippen molar-refractivity contribution in [2.75, 3.05) is 0 Å². The molecule has 6 atom stereocenters. The van der Waals surface area contributed by atoms with Crippen LogP contribution in [0.2, 0.25) is 0 Å². The van der Waals surface area contributed by atoms with Crippen molar-refractivity contribution >= 4 is 40.5 Å². The highest BCUT2D eigenvalue weighted by atomic mass is 16.4. The number of amides is 4. The van der Waals surface area contributed by atoms with E-state index in [2.05, 4.69) is 20.9 Å². The predicted molar refractivity (Wildman–Crippen MR) is 135 cm³/mol. The first-order valence-corrected chi connectivity index (χ1v) is 11.9. The van der Waals surface area contributed by atoms with Gasteiger partial charge in [0.15, 0.2) is 6.04 Å². The molecule has 11 N–H and O–H groups in total. The third-order valence-electron chi connectivity index (χ3n) is 5.91. The Labute approximate surface area is 218 Å². The molecule has 208 valence electrons. The number of rotatable bonds is 14. The van der Waals surface area contributed by atoms with Crippen molar-refractivity contribution in [2.24, 2.45) is 11.5 Å². The summed E-state index contributed by atoms with van der Waals surface area (Å²) in [6.07, 6.45) is -1.65. The molecule has 0 saturated carbocycles. The van der Waals surface area contributed by atoms with Crippen LogP contribution in [0.1, 0.15) is 32.3 Å². The summed E-state index contributed by atoms with van der Waals surface area (Å²) < 4.78 is 0. The Morgan fingerprint density at radius 3 is 2.11 bits per heavy atom. The van der Waals surface area contributed by atoms with E-state index in [4.69, 9.17) is 11.5 Å². The molecule has 2 rings (SSSR count). The highest BCUT2D eigenvalue weighted by molar-refractivity contribution is 5.95. The van der Waals surface area contributed by atoms with Gasteiger partial charge in [-0.15, -0.1) is 0 Å². The summed E-state index contributed by atoms with van der Waals surface area (Å²) in [5.41, 5.74) is 12.3. The number of H-pyrrole nitrogens is 1. The lowest BCUT2D eigenvalue weighted by Gasteiger charge is -2.26. The Hall–Kier alpha value is -4.01. The third-order valence-corrected chi connectivity index (χ3v) is 5.91. The van der Waals surface area contributed by atoms with Gasteiger partial charge in [0, 0.05) is 29.9 Å². The van der Waals surface area contributed by atoms with E-state index in [1.165, 1.54) is 6.92 Å². The fourth-order valence-electron chi connectivity index (χ4n) is 3.69. The Morgan fingerprint density at radius 2 is 1.53 bits per heavy atom. The number of para-hydroxylation sites is 1. The van der Waals surface area contributed by atoms with Crippen molar-refractivity contribution in [3.8, 4) is 0 Å². The molecule has 6 unspecified atom stereocenters. The van der Waals surface area contributed by atoms with Crippen LogP contribution in [0, 0.1) is 0 Å². The number of hydrogen-bond acceptors (Lipinski definition) is 8. The Balaban J connectivity index is 2.33. The van der Waals surface area contributed by atoms with E-state index in [-0.39, 0.29) is 19.3 Å². The van der Waals surface area contributed by atoms with Gasteiger partial charge in [-0.05, 0) is 31.9 Å². The molecule has 0 spiro atoms. The highest BCUT2D eigenvalue weighted by Gasteiger charge is 2.32. The molecule has 0 fully saturated rings. The van der Waals surface area contributed by atoms with E-state index in [0.29, 0.717) is 5.56 Å². The number of carboxylic acid groups (broad SMARTS) is 1. The van der Waals surface area contributed by atoms with E-state index in [9.17, 15) is 39.3 Å². The fourth-order valence-corrected chi connectivity index (χ4v) is 3.69. The summed E-state index contributed by atoms with van der Waals surface area (Å²) in [4.78, 5) is 64.6. The molecule has 0 bridgehead atoms. The molecule has 14 heteroatoms. The summed E-state index contributed by atoms with van der Waals surface area (Å²) in [5, 5.41) is 36.5. The molecule has 14 nitrogen and oxygen atoms in total. The number of aliphatic carboxylic acids is 1. The average Bonchev–Trinajstić information content (AvgIpc) is 3.25.